The molecule has 0 aliphatic rings. The zero-order chi connectivity index (χ0) is 18.8. The van der Waals surface area contributed by atoms with Crippen LogP contribution < -0.4 is 0 Å². The van der Waals surface area contributed by atoms with E-state index in [4.69, 9.17) is 9.05 Å². The third-order valence-corrected chi connectivity index (χ3v) is 4.60. The summed E-state index contributed by atoms with van der Waals surface area (Å²) in [7, 11) is 0. The molecule has 0 unspecified atom stereocenters. The quantitative estimate of drug-likeness (QED) is 0.413. The Labute approximate surface area is 154 Å². The molecule has 4 heteroatoms. The molecule has 26 heavy (non-hydrogen) atoms. The van der Waals surface area contributed by atoms with Gasteiger partial charge in [0, 0.05) is 10.8 Å². The number of hydrogen-bond acceptors (Lipinski definition) is 4. The normalized spacial score (nSPS) is 11.4. The van der Waals surface area contributed by atoms with Crippen molar-refractivity contribution in [3.63, 3.8) is 0 Å². The van der Waals surface area contributed by atoms with Gasteiger partial charge in [0.15, 0.2) is 11.2 Å². The fourth-order valence-corrected chi connectivity index (χ4v) is 3.24. The number of aryl methyl sites for hydroxylation is 2. The Kier molecular flexibility index (Phi) is 5.12. The minimum Gasteiger partial charge on any atom is -0.356 e. The highest BCUT2D eigenvalue weighted by atomic mass is 16.5. The summed E-state index contributed by atoms with van der Waals surface area (Å²) >= 11 is 0. The van der Waals surface area contributed by atoms with Crippen molar-refractivity contribution in [2.45, 2.75) is 53.4 Å². The van der Waals surface area contributed by atoms with E-state index in [9.17, 15) is 0 Å². The molecule has 2 heterocycles. The van der Waals surface area contributed by atoms with E-state index in [-0.39, 0.29) is 0 Å². The van der Waals surface area contributed by atoms with Gasteiger partial charge in [-0.05, 0) is 48.9 Å². The Morgan fingerprint density at radius 2 is 1.35 bits per heavy atom. The van der Waals surface area contributed by atoms with E-state index < -0.39 is 0 Å². The van der Waals surface area contributed by atoms with E-state index in [1.165, 1.54) is 21.9 Å². The third kappa shape index (κ3) is 3.36. The molecule has 0 fully saturated rings. The predicted octanol–water partition coefficient (Wildman–Crippen LogP) is 6.52. The molecule has 0 atom stereocenters. The van der Waals surface area contributed by atoms with Crippen LogP contribution >= 0.6 is 0 Å². The van der Waals surface area contributed by atoms with Gasteiger partial charge in [-0.15, -0.1) is 0 Å². The van der Waals surface area contributed by atoms with Gasteiger partial charge in [0.25, 0.3) is 0 Å². The van der Waals surface area contributed by atoms with Gasteiger partial charge in [0.2, 0.25) is 0 Å². The minimum absolute atomic E-state index is 0.419. The SMILES string of the molecule is Cc1cccc2onc(C(C)C)c12.Cc1noc2cccc(C(C)C)c12. The molecular weight excluding hydrogens is 324 g/mol. The second kappa shape index (κ2) is 7.32. The van der Waals surface area contributed by atoms with E-state index in [1.807, 2.05) is 31.2 Å². The van der Waals surface area contributed by atoms with E-state index in [1.54, 1.807) is 0 Å². The molecule has 0 saturated heterocycles. The monoisotopic (exact) mass is 350 g/mol. The molecule has 136 valence electrons. The van der Waals surface area contributed by atoms with Crippen LogP contribution in [0.5, 0.6) is 0 Å². The molecule has 0 amide bonds. The van der Waals surface area contributed by atoms with Crippen molar-refractivity contribution >= 4 is 21.9 Å². The van der Waals surface area contributed by atoms with Gasteiger partial charge in [-0.25, -0.2) is 0 Å². The second-order valence-electron chi connectivity index (χ2n) is 7.31. The average molecular weight is 350 g/mol. The summed E-state index contributed by atoms with van der Waals surface area (Å²) in [5.41, 5.74) is 6.39. The maximum Gasteiger partial charge on any atom is 0.167 e. The Balaban J connectivity index is 0.000000151. The zero-order valence-electron chi connectivity index (χ0n) is 16.3. The fraction of sp³-hybridized carbons (Fsp3) is 0.364. The second-order valence-corrected chi connectivity index (χ2v) is 7.31. The Morgan fingerprint density at radius 1 is 0.731 bits per heavy atom. The van der Waals surface area contributed by atoms with Gasteiger partial charge in [-0.1, -0.05) is 62.3 Å². The molecule has 0 N–H and O–H groups in total. The van der Waals surface area contributed by atoms with Gasteiger partial charge in [0.1, 0.15) is 0 Å². The van der Waals surface area contributed by atoms with Crippen LogP contribution in [0.15, 0.2) is 45.4 Å². The van der Waals surface area contributed by atoms with Crippen LogP contribution in [-0.4, -0.2) is 10.3 Å². The topological polar surface area (TPSA) is 52.1 Å². The van der Waals surface area contributed by atoms with Gasteiger partial charge >= 0.3 is 0 Å². The average Bonchev–Trinajstić information content (AvgIpc) is 3.20. The van der Waals surface area contributed by atoms with E-state index in [0.29, 0.717) is 11.8 Å². The summed E-state index contributed by atoms with van der Waals surface area (Å²) < 4.78 is 10.4. The maximum atomic E-state index is 5.24. The van der Waals surface area contributed by atoms with E-state index >= 15 is 0 Å². The molecule has 0 aliphatic carbocycles. The molecule has 2 aromatic carbocycles. The molecule has 2 aromatic heterocycles. The van der Waals surface area contributed by atoms with Gasteiger partial charge < -0.3 is 9.05 Å². The fourth-order valence-electron chi connectivity index (χ4n) is 3.24. The lowest BCUT2D eigenvalue weighted by Gasteiger charge is -2.05. The number of rotatable bonds is 2. The van der Waals surface area contributed by atoms with Gasteiger partial charge in [-0.2, -0.15) is 0 Å². The van der Waals surface area contributed by atoms with Gasteiger partial charge in [-0.3, -0.25) is 0 Å². The first kappa shape index (κ1) is 18.2. The molecule has 4 aromatic rings. The van der Waals surface area contributed by atoms with Crippen molar-refractivity contribution in [3.8, 4) is 0 Å². The highest BCUT2D eigenvalue weighted by Crippen LogP contribution is 2.28. The summed E-state index contributed by atoms with van der Waals surface area (Å²) in [4.78, 5) is 0. The summed E-state index contributed by atoms with van der Waals surface area (Å²) in [5.74, 6) is 0.934. The number of fused-ring (bicyclic) bond motifs is 2. The molecule has 4 nitrogen and oxygen atoms in total. The standard InChI is InChI=1S/2C11H13NO/c1-7(2)9-5-4-6-10-11(9)8(3)12-13-10;1-7(2)11-10-8(3)5-4-6-9(10)13-12-11/h2*4-7H,1-3H3. The van der Waals surface area contributed by atoms with Crippen LogP contribution in [0.1, 0.15) is 62.0 Å². The van der Waals surface area contributed by atoms with E-state index in [0.717, 1.165) is 22.6 Å². The van der Waals surface area contributed by atoms with Crippen molar-refractivity contribution in [3.05, 3.63) is 58.9 Å². The lowest BCUT2D eigenvalue weighted by Crippen LogP contribution is -1.88. The van der Waals surface area contributed by atoms with Gasteiger partial charge in [0.05, 0.1) is 11.4 Å². The van der Waals surface area contributed by atoms with Crippen molar-refractivity contribution in [2.24, 2.45) is 0 Å². The number of hydrogen-bond donors (Lipinski definition) is 0. The van der Waals surface area contributed by atoms with Crippen LogP contribution in [-0.2, 0) is 0 Å². The third-order valence-electron chi connectivity index (χ3n) is 4.60. The first-order chi connectivity index (χ1) is 12.4. The van der Waals surface area contributed by atoms with Crippen molar-refractivity contribution < 1.29 is 9.05 Å². The largest absolute Gasteiger partial charge is 0.356 e. The highest BCUT2D eigenvalue weighted by Gasteiger charge is 2.12. The Morgan fingerprint density at radius 3 is 2.00 bits per heavy atom. The summed E-state index contributed by atoms with van der Waals surface area (Å²) in [6, 6.07) is 12.2. The number of benzene rings is 2. The molecule has 0 bridgehead atoms. The molecule has 0 spiro atoms. The first-order valence-electron chi connectivity index (χ1n) is 9.10. The van der Waals surface area contributed by atoms with Crippen LogP contribution in [0.25, 0.3) is 21.9 Å². The van der Waals surface area contributed by atoms with Crippen molar-refractivity contribution in [1.82, 2.24) is 10.3 Å². The zero-order valence-corrected chi connectivity index (χ0v) is 16.3. The molecule has 0 radical (unpaired) electrons. The summed E-state index contributed by atoms with van der Waals surface area (Å²) in [6.07, 6.45) is 0. The minimum atomic E-state index is 0.419. The predicted molar refractivity (Wildman–Crippen MR) is 106 cm³/mol. The van der Waals surface area contributed by atoms with Crippen LogP contribution in [0.4, 0.5) is 0 Å². The summed E-state index contributed by atoms with van der Waals surface area (Å²) in [5, 5.41) is 10.4. The van der Waals surface area contributed by atoms with Crippen molar-refractivity contribution in [2.75, 3.05) is 0 Å². The number of aromatic nitrogens is 2. The molecule has 4 rings (SSSR count). The number of nitrogens with zero attached hydrogens (tertiary/aromatic N) is 2. The van der Waals surface area contributed by atoms with Crippen molar-refractivity contribution in [1.29, 1.82) is 0 Å². The molecule has 0 aliphatic heterocycles. The first-order valence-corrected chi connectivity index (χ1v) is 9.10. The highest BCUT2D eigenvalue weighted by molar-refractivity contribution is 5.84. The lowest BCUT2D eigenvalue weighted by molar-refractivity contribution is 0.441. The Hall–Kier alpha value is -2.62. The smallest absolute Gasteiger partial charge is 0.167 e. The van der Waals surface area contributed by atoms with E-state index in [2.05, 4.69) is 57.1 Å². The molecule has 0 saturated carbocycles. The molecular formula is C22H26N2O2. The maximum absolute atomic E-state index is 5.24. The summed E-state index contributed by atoms with van der Waals surface area (Å²) in [6.45, 7) is 12.7. The van der Waals surface area contributed by atoms with Crippen LogP contribution in [0.3, 0.4) is 0 Å². The van der Waals surface area contributed by atoms with Crippen LogP contribution in [0, 0.1) is 13.8 Å². The lowest BCUT2D eigenvalue weighted by atomic mass is 9.98. The van der Waals surface area contributed by atoms with Crippen LogP contribution in [0.2, 0.25) is 0 Å². The Bertz CT molecular complexity index is 1020.